The first-order valence-corrected chi connectivity index (χ1v) is 9.98. The number of anilines is 1. The predicted octanol–water partition coefficient (Wildman–Crippen LogP) is 4.20. The summed E-state index contributed by atoms with van der Waals surface area (Å²) in [6.07, 6.45) is -3.50. The van der Waals surface area contributed by atoms with Gasteiger partial charge in [0.2, 0.25) is 0 Å². The first-order chi connectivity index (χ1) is 14.7. The minimum atomic E-state index is -4.48. The van der Waals surface area contributed by atoms with E-state index in [9.17, 15) is 18.0 Å². The molecule has 1 atom stereocenters. The number of carbonyl (C=O) groups excluding carboxylic acids is 1. The maximum absolute atomic E-state index is 12.4. The van der Waals surface area contributed by atoms with Crippen molar-refractivity contribution in [2.75, 3.05) is 32.1 Å². The number of hydrogen-bond donors (Lipinski definition) is 2. The fourth-order valence-corrected chi connectivity index (χ4v) is 3.47. The fraction of sp³-hybridized carbons (Fsp3) is 0.409. The van der Waals surface area contributed by atoms with E-state index in [-0.39, 0.29) is 17.5 Å². The van der Waals surface area contributed by atoms with E-state index in [4.69, 9.17) is 9.47 Å². The summed E-state index contributed by atoms with van der Waals surface area (Å²) in [4.78, 5) is 14.6. The lowest BCUT2D eigenvalue weighted by Gasteiger charge is -2.33. The van der Waals surface area contributed by atoms with Crippen molar-refractivity contribution < 1.29 is 27.4 Å². The van der Waals surface area contributed by atoms with Crippen LogP contribution in [-0.4, -0.2) is 50.0 Å². The summed E-state index contributed by atoms with van der Waals surface area (Å²) >= 11 is 0. The summed E-state index contributed by atoms with van der Waals surface area (Å²) in [6, 6.07) is 12.3. The second kappa shape index (κ2) is 9.91. The third-order valence-corrected chi connectivity index (χ3v) is 5.15. The normalized spacial score (nSPS) is 15.0. The average Bonchev–Trinajstić information content (AvgIpc) is 2.75. The van der Waals surface area contributed by atoms with Crippen molar-refractivity contribution >= 4 is 11.7 Å². The number of methoxy groups -OCH3 is 1. The van der Waals surface area contributed by atoms with Crippen LogP contribution >= 0.6 is 0 Å². The molecule has 3 rings (SSSR count). The summed E-state index contributed by atoms with van der Waals surface area (Å²) in [5.41, 5.74) is 2.96. The number of rotatable bonds is 7. The van der Waals surface area contributed by atoms with Gasteiger partial charge in [0.05, 0.1) is 7.11 Å². The molecule has 2 amide bonds. The van der Waals surface area contributed by atoms with E-state index in [0.29, 0.717) is 12.2 Å². The lowest BCUT2D eigenvalue weighted by atomic mass is 9.99. The average molecular weight is 437 g/mol. The van der Waals surface area contributed by atoms with Gasteiger partial charge in [-0.3, -0.25) is 4.90 Å². The molecule has 0 saturated heterocycles. The van der Waals surface area contributed by atoms with Crippen molar-refractivity contribution in [1.29, 1.82) is 0 Å². The number of nitrogens with one attached hydrogen (secondary N) is 2. The Balaban J connectivity index is 1.52. The zero-order valence-electron chi connectivity index (χ0n) is 17.5. The molecule has 1 heterocycles. The minimum Gasteiger partial charge on any atom is -0.493 e. The zero-order valence-corrected chi connectivity index (χ0v) is 17.5. The highest BCUT2D eigenvalue weighted by Gasteiger charge is 2.29. The maximum atomic E-state index is 12.4. The molecular formula is C22H26F3N3O3. The van der Waals surface area contributed by atoms with Gasteiger partial charge < -0.3 is 20.1 Å². The van der Waals surface area contributed by atoms with E-state index in [1.165, 1.54) is 36.4 Å². The van der Waals surface area contributed by atoms with Crippen LogP contribution in [0.25, 0.3) is 0 Å². The Morgan fingerprint density at radius 2 is 1.90 bits per heavy atom. The van der Waals surface area contributed by atoms with Crippen LogP contribution in [-0.2, 0) is 13.0 Å². The van der Waals surface area contributed by atoms with E-state index in [1.807, 2.05) is 19.1 Å². The number of benzene rings is 2. The molecule has 1 unspecified atom stereocenters. The molecule has 1 aliphatic heterocycles. The Hall–Kier alpha value is -2.94. The fourth-order valence-electron chi connectivity index (χ4n) is 3.47. The van der Waals surface area contributed by atoms with Crippen LogP contribution in [0.15, 0.2) is 42.5 Å². The van der Waals surface area contributed by atoms with E-state index in [2.05, 4.69) is 27.7 Å². The molecule has 0 aromatic heterocycles. The molecule has 0 saturated carbocycles. The number of urea groups is 1. The minimum absolute atomic E-state index is 0.0991. The highest BCUT2D eigenvalue weighted by atomic mass is 19.4. The van der Waals surface area contributed by atoms with Gasteiger partial charge in [0, 0.05) is 37.4 Å². The summed E-state index contributed by atoms with van der Waals surface area (Å²) in [5, 5.41) is 5.43. The first-order valence-electron chi connectivity index (χ1n) is 9.98. The number of fused-ring (bicyclic) bond motifs is 1. The molecule has 0 radical (unpaired) electrons. The van der Waals surface area contributed by atoms with Crippen LogP contribution in [0.2, 0.25) is 0 Å². The van der Waals surface area contributed by atoms with Crippen LogP contribution in [0.3, 0.4) is 0 Å². The Morgan fingerprint density at radius 3 is 2.61 bits per heavy atom. The largest absolute Gasteiger partial charge is 0.493 e. The number of ether oxygens (including phenoxy) is 2. The van der Waals surface area contributed by atoms with E-state index >= 15 is 0 Å². The van der Waals surface area contributed by atoms with Crippen LogP contribution in [0.5, 0.6) is 11.5 Å². The van der Waals surface area contributed by atoms with Crippen molar-refractivity contribution in [1.82, 2.24) is 10.2 Å². The summed E-state index contributed by atoms with van der Waals surface area (Å²) < 4.78 is 47.2. The quantitative estimate of drug-likeness (QED) is 0.682. The van der Waals surface area contributed by atoms with Gasteiger partial charge in [-0.1, -0.05) is 24.3 Å². The molecule has 6 nitrogen and oxygen atoms in total. The van der Waals surface area contributed by atoms with Crippen molar-refractivity contribution in [3.63, 3.8) is 0 Å². The molecule has 2 aromatic carbocycles. The lowest BCUT2D eigenvalue weighted by molar-refractivity contribution is -0.153. The molecule has 0 fully saturated rings. The molecule has 0 aliphatic carbocycles. The summed E-state index contributed by atoms with van der Waals surface area (Å²) in [5.74, 6) is 0.0483. The molecule has 2 aromatic rings. The monoisotopic (exact) mass is 437 g/mol. The predicted molar refractivity (Wildman–Crippen MR) is 112 cm³/mol. The number of hydrogen-bond acceptors (Lipinski definition) is 4. The standard InChI is InChI=1S/C22H26F3N3O3/c1-15(28-10-9-16-5-3-4-6-17(16)13-28)12-26-21(29)27-18-7-8-19(30-2)20(11-18)31-14-22(23,24)25/h3-8,11,15H,9-10,12-14H2,1-2H3,(H2,26,27,29). The Morgan fingerprint density at radius 1 is 1.16 bits per heavy atom. The van der Waals surface area contributed by atoms with Gasteiger partial charge >= 0.3 is 12.2 Å². The number of nitrogens with zero attached hydrogens (tertiary/aromatic N) is 1. The molecule has 9 heteroatoms. The van der Waals surface area contributed by atoms with Crippen LogP contribution in [0.1, 0.15) is 18.1 Å². The molecule has 0 spiro atoms. The van der Waals surface area contributed by atoms with Crippen LogP contribution < -0.4 is 20.1 Å². The highest BCUT2D eigenvalue weighted by Crippen LogP contribution is 2.31. The van der Waals surface area contributed by atoms with Gasteiger partial charge in [-0.05, 0) is 36.6 Å². The molecule has 31 heavy (non-hydrogen) atoms. The lowest BCUT2D eigenvalue weighted by Crippen LogP contribution is -2.45. The van der Waals surface area contributed by atoms with Crippen LogP contribution in [0, 0.1) is 0 Å². The van der Waals surface area contributed by atoms with E-state index < -0.39 is 18.8 Å². The molecule has 2 N–H and O–H groups in total. The highest BCUT2D eigenvalue weighted by molar-refractivity contribution is 5.89. The first kappa shape index (κ1) is 22.7. The summed E-state index contributed by atoms with van der Waals surface area (Å²) in [6.45, 7) is 2.78. The molecule has 168 valence electrons. The van der Waals surface area contributed by atoms with E-state index in [0.717, 1.165) is 19.5 Å². The summed E-state index contributed by atoms with van der Waals surface area (Å²) in [7, 11) is 1.33. The van der Waals surface area contributed by atoms with Crippen molar-refractivity contribution in [2.45, 2.75) is 32.1 Å². The SMILES string of the molecule is COc1ccc(NC(=O)NCC(C)N2CCc3ccccc3C2)cc1OCC(F)(F)F. The second-order valence-electron chi connectivity index (χ2n) is 7.44. The van der Waals surface area contributed by atoms with Crippen molar-refractivity contribution in [3.05, 3.63) is 53.6 Å². The zero-order chi connectivity index (χ0) is 22.4. The molecule has 0 bridgehead atoms. The topological polar surface area (TPSA) is 62.8 Å². The van der Waals surface area contributed by atoms with Crippen molar-refractivity contribution in [3.8, 4) is 11.5 Å². The Kier molecular flexibility index (Phi) is 7.27. The third kappa shape index (κ3) is 6.52. The van der Waals surface area contributed by atoms with Crippen molar-refractivity contribution in [2.24, 2.45) is 0 Å². The molecular weight excluding hydrogens is 411 g/mol. The number of amides is 2. The smallest absolute Gasteiger partial charge is 0.422 e. The third-order valence-electron chi connectivity index (χ3n) is 5.15. The Bertz CT molecular complexity index is 905. The Labute approximate surface area is 179 Å². The molecule has 1 aliphatic rings. The van der Waals surface area contributed by atoms with Gasteiger partial charge in [0.25, 0.3) is 0 Å². The van der Waals surface area contributed by atoms with E-state index in [1.54, 1.807) is 0 Å². The number of carbonyl (C=O) groups is 1. The van der Waals surface area contributed by atoms with Gasteiger partial charge in [-0.25, -0.2) is 4.79 Å². The number of alkyl halides is 3. The van der Waals surface area contributed by atoms with Gasteiger partial charge in [-0.2, -0.15) is 13.2 Å². The second-order valence-corrected chi connectivity index (χ2v) is 7.44. The maximum Gasteiger partial charge on any atom is 0.422 e. The van der Waals surface area contributed by atoms with Gasteiger partial charge in [-0.15, -0.1) is 0 Å². The van der Waals surface area contributed by atoms with Crippen LogP contribution in [0.4, 0.5) is 23.7 Å². The van der Waals surface area contributed by atoms with Gasteiger partial charge in [0.15, 0.2) is 18.1 Å². The van der Waals surface area contributed by atoms with Gasteiger partial charge in [0.1, 0.15) is 0 Å². The number of halogens is 3.